The molecule has 0 aromatic heterocycles. The molecule has 4 nitrogen and oxygen atoms in total. The Morgan fingerprint density at radius 2 is 1.38 bits per heavy atom. The van der Waals surface area contributed by atoms with Gasteiger partial charge in [0.15, 0.2) is 0 Å². The average molecular weight is 391 g/mol. The molecule has 0 heterocycles. The van der Waals surface area contributed by atoms with Gasteiger partial charge in [-0.25, -0.2) is 0 Å². The summed E-state index contributed by atoms with van der Waals surface area (Å²) in [6.45, 7) is 1.98. The molecule has 0 radical (unpaired) electrons. The predicted octanol–water partition coefficient (Wildman–Crippen LogP) is 2.94. The van der Waals surface area contributed by atoms with E-state index < -0.39 is 19.6 Å². The van der Waals surface area contributed by atoms with Crippen LogP contribution in [0.25, 0.3) is 0 Å². The maximum absolute atomic E-state index is 12.6. The zero-order valence-electron chi connectivity index (χ0n) is 14.0. The quantitative estimate of drug-likeness (QED) is 0.381. The topological polar surface area (TPSA) is 60.4 Å². The van der Waals surface area contributed by atoms with Crippen molar-refractivity contribution in [3.8, 4) is 5.75 Å². The number of carbonyl (C=O) groups excluding carboxylic acids is 2. The van der Waals surface area contributed by atoms with Gasteiger partial charge < -0.3 is 0 Å². The van der Waals surface area contributed by atoms with Gasteiger partial charge >= 0.3 is 155 Å². The van der Waals surface area contributed by atoms with Crippen LogP contribution in [0.3, 0.4) is 0 Å². The zero-order valence-corrected chi connectivity index (χ0v) is 15.0. The molecule has 133 valence electrons. The van der Waals surface area contributed by atoms with Gasteiger partial charge in [0.1, 0.15) is 0 Å². The third kappa shape index (κ3) is 4.19. The van der Waals surface area contributed by atoms with Gasteiger partial charge in [0.05, 0.1) is 0 Å². The molecule has 0 saturated carbocycles. The summed E-state index contributed by atoms with van der Waals surface area (Å²) in [5.74, 6) is -0.157. The fourth-order valence-electron chi connectivity index (χ4n) is 2.20. The number of carbonyl (C=O) groups is 2. The number of hydrogen-bond donors (Lipinski definition) is 0. The fourth-order valence-corrected chi connectivity index (χ4v) is 3.52. The Kier molecular flexibility index (Phi) is 5.51. The standard InChI is InChI=1S/C14H9O3.C7H7.Co.O/c15-10-11-6-8-13(9-7-11)17-14(16)12-4-2-1-3-5-12;1-7-5-3-2-4-6-7;;/h2-10H;3-6H,1H3;;. The normalized spacial score (nSPS) is 10.9. The minimum atomic E-state index is -1.68. The zero-order chi connectivity index (χ0) is 18.5. The third-order valence-corrected chi connectivity index (χ3v) is 5.42. The van der Waals surface area contributed by atoms with Gasteiger partial charge in [0.2, 0.25) is 0 Å². The van der Waals surface area contributed by atoms with Crippen LogP contribution < -0.4 is 13.7 Å². The third-order valence-electron chi connectivity index (χ3n) is 3.64. The van der Waals surface area contributed by atoms with E-state index in [1.807, 2.05) is 31.2 Å². The first-order valence-electron chi connectivity index (χ1n) is 7.82. The van der Waals surface area contributed by atoms with E-state index in [1.54, 1.807) is 48.5 Å². The van der Waals surface area contributed by atoms with Crippen molar-refractivity contribution in [2.45, 2.75) is 6.92 Å². The number of rotatable bonds is 5. The summed E-state index contributed by atoms with van der Waals surface area (Å²) in [7, 11) is 0. The molecule has 0 spiro atoms. The van der Waals surface area contributed by atoms with Crippen LogP contribution in [0, 0.1) is 6.92 Å². The molecular weight excluding hydrogens is 375 g/mol. The number of ether oxygens (including phenoxy) is 1. The van der Waals surface area contributed by atoms with Crippen LogP contribution in [-0.2, 0) is 17.5 Å². The van der Waals surface area contributed by atoms with Crippen molar-refractivity contribution in [2.24, 2.45) is 0 Å². The number of aldehydes is 1. The number of hydrogen-bond acceptors (Lipinski definition) is 4. The van der Waals surface area contributed by atoms with Crippen LogP contribution in [0.1, 0.15) is 26.3 Å². The second-order valence-electron chi connectivity index (χ2n) is 5.55. The Balaban J connectivity index is 1.71. The molecule has 3 aromatic carbocycles. The van der Waals surface area contributed by atoms with Gasteiger partial charge in [0, 0.05) is 0 Å². The second kappa shape index (κ2) is 7.99. The second-order valence-corrected chi connectivity index (χ2v) is 7.43. The average Bonchev–Trinajstić information content (AvgIpc) is 2.69. The predicted molar refractivity (Wildman–Crippen MR) is 94.4 cm³/mol. The van der Waals surface area contributed by atoms with Crippen molar-refractivity contribution in [3.63, 3.8) is 0 Å². The van der Waals surface area contributed by atoms with Crippen molar-refractivity contribution in [1.29, 1.82) is 0 Å². The van der Waals surface area contributed by atoms with Crippen molar-refractivity contribution in [3.05, 3.63) is 89.5 Å². The van der Waals surface area contributed by atoms with Gasteiger partial charge in [-0.1, -0.05) is 0 Å². The van der Waals surface area contributed by atoms with E-state index in [0.717, 1.165) is 16.3 Å². The number of aryl methyl sites for hydroxylation is 1. The molecule has 26 heavy (non-hydrogen) atoms. The Hall–Kier alpha value is -2.89. The Bertz CT molecular complexity index is 943. The van der Waals surface area contributed by atoms with Crippen LogP contribution in [0.2, 0.25) is 0 Å². The van der Waals surface area contributed by atoms with Gasteiger partial charge in [0.25, 0.3) is 0 Å². The van der Waals surface area contributed by atoms with Crippen molar-refractivity contribution >= 4 is 21.3 Å². The number of benzene rings is 3. The summed E-state index contributed by atoms with van der Waals surface area (Å²) in [4.78, 5) is 22.8. The molecule has 3 aromatic rings. The molecule has 0 N–H and O–H groups in total. The van der Waals surface area contributed by atoms with Crippen molar-refractivity contribution in [1.82, 2.24) is 0 Å². The Morgan fingerprint density at radius 3 is 1.92 bits per heavy atom. The van der Waals surface area contributed by atoms with E-state index in [4.69, 9.17) is 4.74 Å². The minimum absolute atomic E-state index is 0.357. The molecule has 0 aliphatic carbocycles. The molecule has 0 saturated heterocycles. The summed E-state index contributed by atoms with van der Waals surface area (Å²) in [6, 6.07) is 20.3. The Morgan fingerprint density at radius 1 is 0.846 bits per heavy atom. The SMILES string of the molecule is Cc1cc[c]([Co](=[O])[c]2ccc(C(=O)Oc3ccc(C=O)cc3)cc2)cc1. The van der Waals surface area contributed by atoms with Crippen LogP contribution in [0.15, 0.2) is 72.8 Å². The van der Waals surface area contributed by atoms with E-state index in [2.05, 4.69) is 0 Å². The first-order chi connectivity index (χ1) is 12.6. The molecule has 3 rings (SSSR count). The first-order valence-corrected chi connectivity index (χ1v) is 9.29. The molecule has 0 atom stereocenters. The molecule has 0 aliphatic heterocycles. The van der Waals surface area contributed by atoms with Gasteiger partial charge in [-0.2, -0.15) is 0 Å². The molecule has 0 fully saturated rings. The van der Waals surface area contributed by atoms with Gasteiger partial charge in [-0.3, -0.25) is 0 Å². The van der Waals surface area contributed by atoms with E-state index >= 15 is 0 Å². The van der Waals surface area contributed by atoms with Crippen molar-refractivity contribution in [2.75, 3.05) is 0 Å². The van der Waals surface area contributed by atoms with Gasteiger partial charge in [-0.05, 0) is 0 Å². The molecule has 0 bridgehead atoms. The number of esters is 1. The molecule has 0 unspecified atom stereocenters. The van der Waals surface area contributed by atoms with Crippen LogP contribution in [0.5, 0.6) is 5.75 Å². The summed E-state index contributed by atoms with van der Waals surface area (Å²) < 4.78 is 19.3. The first kappa shape index (κ1) is 17.9. The summed E-state index contributed by atoms with van der Waals surface area (Å²) in [5, 5.41) is 0. The van der Waals surface area contributed by atoms with Gasteiger partial charge in [-0.15, -0.1) is 0 Å². The van der Waals surface area contributed by atoms with Crippen LogP contribution in [-0.4, -0.2) is 12.3 Å². The summed E-state index contributed by atoms with van der Waals surface area (Å²) in [5.41, 5.74) is 1.98. The van der Waals surface area contributed by atoms with Crippen LogP contribution >= 0.6 is 0 Å². The summed E-state index contributed by atoms with van der Waals surface area (Å²) >= 11 is -1.68. The molecule has 5 heteroatoms. The van der Waals surface area contributed by atoms with E-state index in [-0.39, 0.29) is 0 Å². The molecule has 0 aliphatic rings. The monoisotopic (exact) mass is 391 g/mol. The molecule has 0 amide bonds. The fraction of sp³-hybridized carbons (Fsp3) is 0.0476. The Labute approximate surface area is 155 Å². The van der Waals surface area contributed by atoms with E-state index in [1.165, 1.54) is 0 Å². The van der Waals surface area contributed by atoms with E-state index in [0.29, 0.717) is 21.4 Å². The maximum atomic E-state index is 12.6. The van der Waals surface area contributed by atoms with Crippen LogP contribution in [0.4, 0.5) is 0 Å². The molecular formula is C21H16CoO4. The summed E-state index contributed by atoms with van der Waals surface area (Å²) in [6.07, 6.45) is 0.722. The van der Waals surface area contributed by atoms with E-state index in [9.17, 15) is 13.5 Å². The van der Waals surface area contributed by atoms with Crippen molar-refractivity contribution < 1.29 is 31.8 Å².